The zero-order valence-corrected chi connectivity index (χ0v) is 16.8. The Labute approximate surface area is 156 Å². The van der Waals surface area contributed by atoms with E-state index in [4.69, 9.17) is 9.47 Å². The van der Waals surface area contributed by atoms with Crippen molar-refractivity contribution < 1.29 is 14.3 Å². The predicted molar refractivity (Wildman–Crippen MR) is 105 cm³/mol. The van der Waals surface area contributed by atoms with Crippen LogP contribution in [0.1, 0.15) is 32.8 Å². The molecule has 1 amide bonds. The van der Waals surface area contributed by atoms with Crippen molar-refractivity contribution in [1.29, 1.82) is 0 Å². The number of guanidine groups is 1. The summed E-state index contributed by atoms with van der Waals surface area (Å²) in [6.07, 6.45) is 0.371. The van der Waals surface area contributed by atoms with E-state index in [1.54, 1.807) is 14.2 Å². The van der Waals surface area contributed by atoms with Crippen LogP contribution in [0.5, 0.6) is 5.75 Å². The number of amides is 1. The zero-order chi connectivity index (χ0) is 19.6. The van der Waals surface area contributed by atoms with Gasteiger partial charge in [-0.05, 0) is 33.3 Å². The summed E-state index contributed by atoms with van der Waals surface area (Å²) in [4.78, 5) is 17.9. The van der Waals surface area contributed by atoms with Gasteiger partial charge in [0.05, 0.1) is 7.11 Å². The van der Waals surface area contributed by atoms with Crippen LogP contribution in [0.4, 0.5) is 4.79 Å². The average Bonchev–Trinajstić information content (AvgIpc) is 2.56. The molecule has 0 aliphatic heterocycles. The van der Waals surface area contributed by atoms with Gasteiger partial charge >= 0.3 is 6.09 Å². The highest BCUT2D eigenvalue weighted by Crippen LogP contribution is 2.18. The third-order valence-electron chi connectivity index (χ3n) is 3.48. The van der Waals surface area contributed by atoms with Crippen molar-refractivity contribution in [2.75, 3.05) is 34.3 Å². The van der Waals surface area contributed by atoms with Crippen molar-refractivity contribution in [3.05, 3.63) is 29.8 Å². The quantitative estimate of drug-likeness (QED) is 0.442. The van der Waals surface area contributed by atoms with E-state index in [9.17, 15) is 4.79 Å². The number of carbonyl (C=O) groups excluding carboxylic acids is 1. The van der Waals surface area contributed by atoms with E-state index >= 15 is 0 Å². The number of nitrogens with zero attached hydrogens (tertiary/aromatic N) is 2. The van der Waals surface area contributed by atoms with Crippen LogP contribution >= 0.6 is 0 Å². The number of methoxy groups -OCH3 is 1. The number of alkyl carbamates (subject to hydrolysis) is 1. The van der Waals surface area contributed by atoms with Gasteiger partial charge < -0.3 is 25.0 Å². The molecule has 0 radical (unpaired) electrons. The van der Waals surface area contributed by atoms with Crippen LogP contribution < -0.4 is 15.4 Å². The molecule has 0 aliphatic carbocycles. The van der Waals surface area contributed by atoms with Gasteiger partial charge in [0.25, 0.3) is 0 Å². The maximum atomic E-state index is 11.6. The van der Waals surface area contributed by atoms with Crippen molar-refractivity contribution in [1.82, 2.24) is 15.5 Å². The van der Waals surface area contributed by atoms with Crippen LogP contribution in [-0.4, -0.2) is 56.8 Å². The molecular weight excluding hydrogens is 332 g/mol. The smallest absolute Gasteiger partial charge is 0.407 e. The van der Waals surface area contributed by atoms with Crippen LogP contribution in [0, 0.1) is 0 Å². The fraction of sp³-hybridized carbons (Fsp3) is 0.579. The van der Waals surface area contributed by atoms with Gasteiger partial charge in [0, 0.05) is 39.3 Å². The van der Waals surface area contributed by atoms with Crippen LogP contribution in [0.15, 0.2) is 29.3 Å². The molecule has 0 aliphatic rings. The molecular formula is C19H32N4O3. The van der Waals surface area contributed by atoms with E-state index in [-0.39, 0.29) is 0 Å². The van der Waals surface area contributed by atoms with Crippen LogP contribution in [-0.2, 0) is 11.3 Å². The van der Waals surface area contributed by atoms with Crippen LogP contribution in [0.25, 0.3) is 0 Å². The summed E-state index contributed by atoms with van der Waals surface area (Å²) >= 11 is 0. The van der Waals surface area contributed by atoms with Crippen LogP contribution in [0.2, 0.25) is 0 Å². The molecule has 0 saturated heterocycles. The predicted octanol–water partition coefficient (Wildman–Crippen LogP) is 2.62. The summed E-state index contributed by atoms with van der Waals surface area (Å²) in [6, 6.07) is 7.92. The highest BCUT2D eigenvalue weighted by molar-refractivity contribution is 5.79. The summed E-state index contributed by atoms with van der Waals surface area (Å²) in [7, 11) is 5.39. The summed E-state index contributed by atoms with van der Waals surface area (Å²) in [5.41, 5.74) is 0.609. The molecule has 0 saturated carbocycles. The number of hydrogen-bond donors (Lipinski definition) is 2. The lowest BCUT2D eigenvalue weighted by Gasteiger charge is -2.23. The van der Waals surface area contributed by atoms with E-state index in [1.807, 2.05) is 57.0 Å². The summed E-state index contributed by atoms with van der Waals surface area (Å²) in [5.74, 6) is 1.64. The van der Waals surface area contributed by atoms with E-state index in [0.717, 1.165) is 23.7 Å². The van der Waals surface area contributed by atoms with Crippen molar-refractivity contribution >= 4 is 12.1 Å². The Hall–Kier alpha value is -2.44. The molecule has 0 fully saturated rings. The maximum Gasteiger partial charge on any atom is 0.407 e. The second-order valence-corrected chi connectivity index (χ2v) is 6.92. The van der Waals surface area contributed by atoms with E-state index in [1.165, 1.54) is 0 Å². The molecule has 0 bridgehead atoms. The summed E-state index contributed by atoms with van der Waals surface area (Å²) < 4.78 is 10.6. The van der Waals surface area contributed by atoms with Gasteiger partial charge in [-0.15, -0.1) is 0 Å². The first-order valence-electron chi connectivity index (χ1n) is 8.77. The molecule has 2 N–H and O–H groups in total. The molecule has 1 rings (SSSR count). The largest absolute Gasteiger partial charge is 0.496 e. The molecule has 0 heterocycles. The SMILES string of the molecule is CN=C(NCCCNC(=O)OC(C)(C)C)N(C)Cc1ccccc1OC. The molecule has 0 spiro atoms. The van der Waals surface area contributed by atoms with E-state index in [0.29, 0.717) is 19.6 Å². The van der Waals surface area contributed by atoms with Crippen molar-refractivity contribution in [3.8, 4) is 5.75 Å². The van der Waals surface area contributed by atoms with Gasteiger partial charge in [-0.2, -0.15) is 0 Å². The second-order valence-electron chi connectivity index (χ2n) is 6.92. The summed E-state index contributed by atoms with van der Waals surface area (Å²) in [6.45, 7) is 7.44. The minimum Gasteiger partial charge on any atom is -0.496 e. The van der Waals surface area contributed by atoms with Gasteiger partial charge in [-0.25, -0.2) is 4.79 Å². The first kappa shape index (κ1) is 21.6. The molecule has 1 aromatic rings. The molecule has 0 atom stereocenters. The highest BCUT2D eigenvalue weighted by Gasteiger charge is 2.15. The fourth-order valence-electron chi connectivity index (χ4n) is 2.34. The molecule has 1 aromatic carbocycles. The Balaban J connectivity index is 2.37. The lowest BCUT2D eigenvalue weighted by atomic mass is 10.2. The van der Waals surface area contributed by atoms with Crippen molar-refractivity contribution in [3.63, 3.8) is 0 Å². The Bertz CT molecular complexity index is 597. The molecule has 146 valence electrons. The van der Waals surface area contributed by atoms with E-state index in [2.05, 4.69) is 15.6 Å². The molecule has 0 unspecified atom stereocenters. The Morgan fingerprint density at radius 2 is 1.85 bits per heavy atom. The van der Waals surface area contributed by atoms with Crippen molar-refractivity contribution in [2.24, 2.45) is 4.99 Å². The minimum absolute atomic E-state index is 0.393. The Morgan fingerprint density at radius 3 is 2.46 bits per heavy atom. The number of para-hydroxylation sites is 1. The Morgan fingerprint density at radius 1 is 1.19 bits per heavy atom. The third-order valence-corrected chi connectivity index (χ3v) is 3.48. The first-order valence-corrected chi connectivity index (χ1v) is 8.77. The lowest BCUT2D eigenvalue weighted by molar-refractivity contribution is 0.0527. The Kier molecular flexibility index (Phi) is 8.75. The van der Waals surface area contributed by atoms with Gasteiger partial charge in [-0.3, -0.25) is 4.99 Å². The number of benzene rings is 1. The third kappa shape index (κ3) is 8.09. The van der Waals surface area contributed by atoms with Gasteiger partial charge in [0.1, 0.15) is 11.4 Å². The number of aliphatic imine (C=N–C) groups is 1. The summed E-state index contributed by atoms with van der Waals surface area (Å²) in [5, 5.41) is 6.04. The standard InChI is InChI=1S/C19H32N4O3/c1-19(2,3)26-18(24)22-13-9-12-21-17(20-4)23(5)14-15-10-7-8-11-16(15)25-6/h7-8,10-11H,9,12-14H2,1-6H3,(H,20,21)(H,22,24). The zero-order valence-electron chi connectivity index (χ0n) is 16.8. The second kappa shape index (κ2) is 10.5. The molecule has 26 heavy (non-hydrogen) atoms. The molecule has 0 aromatic heterocycles. The van der Waals surface area contributed by atoms with Crippen molar-refractivity contribution in [2.45, 2.75) is 39.3 Å². The average molecular weight is 364 g/mol. The monoisotopic (exact) mass is 364 g/mol. The first-order chi connectivity index (χ1) is 12.3. The number of carbonyl (C=O) groups is 1. The molecule has 7 nitrogen and oxygen atoms in total. The molecule has 7 heteroatoms. The maximum absolute atomic E-state index is 11.6. The number of hydrogen-bond acceptors (Lipinski definition) is 4. The topological polar surface area (TPSA) is 75.2 Å². The minimum atomic E-state index is -0.481. The lowest BCUT2D eigenvalue weighted by Crippen LogP contribution is -2.40. The van der Waals surface area contributed by atoms with Crippen LogP contribution in [0.3, 0.4) is 0 Å². The number of ether oxygens (including phenoxy) is 2. The van der Waals surface area contributed by atoms with E-state index < -0.39 is 11.7 Å². The number of nitrogens with one attached hydrogen (secondary N) is 2. The normalized spacial score (nSPS) is 11.7. The highest BCUT2D eigenvalue weighted by atomic mass is 16.6. The van der Waals surface area contributed by atoms with Gasteiger partial charge in [0.2, 0.25) is 0 Å². The van der Waals surface area contributed by atoms with Gasteiger partial charge in [0.15, 0.2) is 5.96 Å². The number of rotatable bonds is 7. The van der Waals surface area contributed by atoms with Gasteiger partial charge in [-0.1, -0.05) is 18.2 Å². The fourth-order valence-corrected chi connectivity index (χ4v) is 2.34.